The van der Waals surface area contributed by atoms with E-state index in [0.29, 0.717) is 18.4 Å². The van der Waals surface area contributed by atoms with Gasteiger partial charge in [-0.1, -0.05) is 17.3 Å². The van der Waals surface area contributed by atoms with Crippen LogP contribution in [0, 0.1) is 5.82 Å². The highest BCUT2D eigenvalue weighted by atomic mass is 19.1. The highest BCUT2D eigenvalue weighted by Crippen LogP contribution is 2.38. The summed E-state index contributed by atoms with van der Waals surface area (Å²) in [6.07, 6.45) is 2.32. The minimum Gasteiger partial charge on any atom is -0.338 e. The van der Waals surface area contributed by atoms with Crippen LogP contribution in [0.25, 0.3) is 0 Å². The van der Waals surface area contributed by atoms with Crippen molar-refractivity contribution in [1.82, 2.24) is 15.0 Å². The van der Waals surface area contributed by atoms with Crippen molar-refractivity contribution in [1.29, 1.82) is 0 Å². The third-order valence-corrected chi connectivity index (χ3v) is 3.74. The SMILES string of the molecule is C[C@H](c1nc(C2CC2)no1)N(C)Cc1cccc(F)c1. The van der Waals surface area contributed by atoms with Crippen molar-refractivity contribution in [3.05, 3.63) is 47.4 Å². The van der Waals surface area contributed by atoms with Crippen LogP contribution >= 0.6 is 0 Å². The first-order valence-electron chi connectivity index (χ1n) is 6.91. The fourth-order valence-electron chi connectivity index (χ4n) is 2.17. The van der Waals surface area contributed by atoms with E-state index in [-0.39, 0.29) is 11.9 Å². The van der Waals surface area contributed by atoms with E-state index in [1.54, 1.807) is 12.1 Å². The molecule has 1 fully saturated rings. The lowest BCUT2D eigenvalue weighted by molar-refractivity contribution is 0.202. The monoisotopic (exact) mass is 275 g/mol. The van der Waals surface area contributed by atoms with Crippen LogP contribution in [0.2, 0.25) is 0 Å². The van der Waals surface area contributed by atoms with Crippen LogP contribution in [0.15, 0.2) is 28.8 Å². The van der Waals surface area contributed by atoms with E-state index in [0.717, 1.165) is 24.2 Å². The Morgan fingerprint density at radius 2 is 2.25 bits per heavy atom. The van der Waals surface area contributed by atoms with E-state index in [4.69, 9.17) is 4.52 Å². The standard InChI is InChI=1S/C15H18FN3O/c1-10(15-17-14(18-20-15)12-6-7-12)19(2)9-11-4-3-5-13(16)8-11/h3-5,8,10,12H,6-7,9H2,1-2H3/t10-/m1/s1. The van der Waals surface area contributed by atoms with E-state index >= 15 is 0 Å². The van der Waals surface area contributed by atoms with Crippen molar-refractivity contribution >= 4 is 0 Å². The van der Waals surface area contributed by atoms with Gasteiger partial charge >= 0.3 is 0 Å². The second-order valence-corrected chi connectivity index (χ2v) is 5.49. The average Bonchev–Trinajstić information content (AvgIpc) is 3.16. The quantitative estimate of drug-likeness (QED) is 0.839. The van der Waals surface area contributed by atoms with Gasteiger partial charge in [0.25, 0.3) is 0 Å². The Kier molecular flexibility index (Phi) is 3.53. The normalized spacial score (nSPS) is 16.6. The number of halogens is 1. The molecule has 106 valence electrons. The third kappa shape index (κ3) is 2.88. The Morgan fingerprint density at radius 1 is 1.45 bits per heavy atom. The lowest BCUT2D eigenvalue weighted by atomic mass is 10.2. The summed E-state index contributed by atoms with van der Waals surface area (Å²) in [5.41, 5.74) is 0.932. The van der Waals surface area contributed by atoms with Crippen molar-refractivity contribution in [3.63, 3.8) is 0 Å². The molecule has 0 bridgehead atoms. The fourth-order valence-corrected chi connectivity index (χ4v) is 2.17. The number of nitrogens with zero attached hydrogens (tertiary/aromatic N) is 3. The minimum absolute atomic E-state index is 0.0123. The highest BCUT2D eigenvalue weighted by Gasteiger charge is 2.30. The van der Waals surface area contributed by atoms with Crippen molar-refractivity contribution < 1.29 is 8.91 Å². The van der Waals surface area contributed by atoms with Crippen LogP contribution in [-0.2, 0) is 6.54 Å². The summed E-state index contributed by atoms with van der Waals surface area (Å²) in [5, 5.41) is 4.03. The summed E-state index contributed by atoms with van der Waals surface area (Å²) in [5.74, 6) is 1.74. The second-order valence-electron chi connectivity index (χ2n) is 5.49. The van der Waals surface area contributed by atoms with Crippen LogP contribution in [0.1, 0.15) is 49.0 Å². The van der Waals surface area contributed by atoms with Crippen LogP contribution in [-0.4, -0.2) is 22.1 Å². The smallest absolute Gasteiger partial charge is 0.243 e. The zero-order valence-corrected chi connectivity index (χ0v) is 11.7. The van der Waals surface area contributed by atoms with Gasteiger partial charge in [0, 0.05) is 12.5 Å². The van der Waals surface area contributed by atoms with Gasteiger partial charge in [0.15, 0.2) is 5.82 Å². The Bertz CT molecular complexity index is 594. The zero-order valence-electron chi connectivity index (χ0n) is 11.7. The van der Waals surface area contributed by atoms with Gasteiger partial charge in [-0.15, -0.1) is 0 Å². The van der Waals surface area contributed by atoms with E-state index < -0.39 is 0 Å². The van der Waals surface area contributed by atoms with Gasteiger partial charge in [0.05, 0.1) is 6.04 Å². The zero-order chi connectivity index (χ0) is 14.1. The molecule has 2 aromatic rings. The first-order valence-corrected chi connectivity index (χ1v) is 6.91. The fraction of sp³-hybridized carbons (Fsp3) is 0.467. The molecule has 0 amide bonds. The van der Waals surface area contributed by atoms with Crippen LogP contribution in [0.4, 0.5) is 4.39 Å². The summed E-state index contributed by atoms with van der Waals surface area (Å²) < 4.78 is 18.5. The summed E-state index contributed by atoms with van der Waals surface area (Å²) in [4.78, 5) is 6.53. The molecule has 1 aromatic heterocycles. The molecule has 3 rings (SSSR count). The molecule has 1 aromatic carbocycles. The molecule has 4 nitrogen and oxygen atoms in total. The maximum absolute atomic E-state index is 13.2. The predicted octanol–water partition coefficient (Wildman–Crippen LogP) is 3.28. The molecule has 1 heterocycles. The molecule has 5 heteroatoms. The molecular weight excluding hydrogens is 257 g/mol. The molecule has 0 aliphatic heterocycles. The van der Waals surface area contributed by atoms with Crippen molar-refractivity contribution in [2.24, 2.45) is 0 Å². The Hall–Kier alpha value is -1.75. The molecule has 0 unspecified atom stereocenters. The Morgan fingerprint density at radius 3 is 2.95 bits per heavy atom. The number of hydrogen-bond acceptors (Lipinski definition) is 4. The number of aromatic nitrogens is 2. The summed E-state index contributed by atoms with van der Waals surface area (Å²) in [7, 11) is 1.97. The first-order chi connectivity index (χ1) is 9.63. The van der Waals surface area contributed by atoms with Gasteiger partial charge in [-0.05, 0) is 44.5 Å². The number of rotatable bonds is 5. The van der Waals surface area contributed by atoms with Gasteiger partial charge in [-0.3, -0.25) is 4.90 Å². The molecule has 1 atom stereocenters. The van der Waals surface area contributed by atoms with E-state index in [1.807, 2.05) is 20.0 Å². The van der Waals surface area contributed by atoms with Crippen molar-refractivity contribution in [3.8, 4) is 0 Å². The first kappa shape index (κ1) is 13.2. The van der Waals surface area contributed by atoms with Crippen LogP contribution in [0.3, 0.4) is 0 Å². The van der Waals surface area contributed by atoms with Gasteiger partial charge < -0.3 is 4.52 Å². The largest absolute Gasteiger partial charge is 0.338 e. The van der Waals surface area contributed by atoms with E-state index in [9.17, 15) is 4.39 Å². The van der Waals surface area contributed by atoms with Gasteiger partial charge in [0.1, 0.15) is 5.82 Å². The Balaban J connectivity index is 1.67. The average molecular weight is 275 g/mol. The van der Waals surface area contributed by atoms with E-state index in [2.05, 4.69) is 15.0 Å². The Labute approximate surface area is 117 Å². The van der Waals surface area contributed by atoms with Gasteiger partial charge in [0.2, 0.25) is 5.89 Å². The van der Waals surface area contributed by atoms with Gasteiger partial charge in [-0.2, -0.15) is 4.98 Å². The topological polar surface area (TPSA) is 42.2 Å². The lowest BCUT2D eigenvalue weighted by Crippen LogP contribution is -2.22. The van der Waals surface area contributed by atoms with E-state index in [1.165, 1.54) is 6.07 Å². The molecule has 0 N–H and O–H groups in total. The second kappa shape index (κ2) is 5.32. The van der Waals surface area contributed by atoms with Crippen molar-refractivity contribution in [2.45, 2.75) is 38.3 Å². The molecule has 0 saturated heterocycles. The number of benzene rings is 1. The van der Waals surface area contributed by atoms with Crippen LogP contribution in [0.5, 0.6) is 0 Å². The third-order valence-electron chi connectivity index (χ3n) is 3.74. The van der Waals surface area contributed by atoms with Gasteiger partial charge in [-0.25, -0.2) is 4.39 Å². The summed E-state index contributed by atoms with van der Waals surface area (Å²) in [6, 6.07) is 6.65. The predicted molar refractivity (Wildman–Crippen MR) is 72.6 cm³/mol. The summed E-state index contributed by atoms with van der Waals surface area (Å²) >= 11 is 0. The molecule has 20 heavy (non-hydrogen) atoms. The van der Waals surface area contributed by atoms with Crippen LogP contribution < -0.4 is 0 Å². The molecule has 0 radical (unpaired) electrons. The minimum atomic E-state index is -0.211. The number of hydrogen-bond donors (Lipinski definition) is 0. The van der Waals surface area contributed by atoms with Crippen molar-refractivity contribution in [2.75, 3.05) is 7.05 Å². The highest BCUT2D eigenvalue weighted by molar-refractivity contribution is 5.16. The molecule has 1 aliphatic carbocycles. The maximum atomic E-state index is 13.2. The maximum Gasteiger partial charge on any atom is 0.243 e. The molecular formula is C15H18FN3O. The molecule has 1 saturated carbocycles. The lowest BCUT2D eigenvalue weighted by Gasteiger charge is -2.21. The summed E-state index contributed by atoms with van der Waals surface area (Å²) in [6.45, 7) is 2.66. The molecule has 0 spiro atoms. The molecule has 1 aliphatic rings.